The van der Waals surface area contributed by atoms with Gasteiger partial charge in [-0.25, -0.2) is 0 Å². The summed E-state index contributed by atoms with van der Waals surface area (Å²) in [5, 5.41) is 11.4. The molecule has 2 heterocycles. The summed E-state index contributed by atoms with van der Waals surface area (Å²) in [5.74, 6) is 0.983. The Morgan fingerprint density at radius 3 is 2.46 bits per heavy atom. The lowest BCUT2D eigenvalue weighted by atomic mass is 10.0. The molecule has 4 heteroatoms. The van der Waals surface area contributed by atoms with Crippen LogP contribution in [0.25, 0.3) is 16.3 Å². The van der Waals surface area contributed by atoms with Crippen LogP contribution in [0.5, 0.6) is 0 Å². The van der Waals surface area contributed by atoms with E-state index < -0.39 is 0 Å². The van der Waals surface area contributed by atoms with Crippen molar-refractivity contribution in [1.29, 1.82) is 0 Å². The summed E-state index contributed by atoms with van der Waals surface area (Å²) in [6, 6.07) is 8.37. The molecule has 24 heavy (non-hydrogen) atoms. The van der Waals surface area contributed by atoms with Crippen LogP contribution in [-0.4, -0.2) is 48.3 Å². The fraction of sp³-hybridized carbons (Fsp3) is 0.300. The molecular formula is C20H24N4. The Balaban J connectivity index is 2.09. The van der Waals surface area contributed by atoms with E-state index in [4.69, 9.17) is 0 Å². The molecule has 1 saturated heterocycles. The Morgan fingerprint density at radius 2 is 1.79 bits per heavy atom. The second-order valence-corrected chi connectivity index (χ2v) is 6.06. The number of anilines is 1. The van der Waals surface area contributed by atoms with Gasteiger partial charge in [0.2, 0.25) is 0 Å². The number of hydrogen-bond donors (Lipinski definition) is 0. The number of hydrogen-bond acceptors (Lipinski definition) is 4. The van der Waals surface area contributed by atoms with Gasteiger partial charge in [0.1, 0.15) is 5.69 Å². The van der Waals surface area contributed by atoms with Crippen molar-refractivity contribution in [2.24, 2.45) is 0 Å². The number of allylic oxidation sites excluding steroid dienone is 5. The predicted octanol–water partition coefficient (Wildman–Crippen LogP) is 3.53. The summed E-state index contributed by atoms with van der Waals surface area (Å²) in [7, 11) is 2.16. The fourth-order valence-electron chi connectivity index (χ4n) is 3.00. The van der Waals surface area contributed by atoms with Gasteiger partial charge < -0.3 is 9.80 Å². The van der Waals surface area contributed by atoms with Crippen LogP contribution >= 0.6 is 0 Å². The third kappa shape index (κ3) is 3.24. The van der Waals surface area contributed by atoms with Crippen LogP contribution < -0.4 is 4.90 Å². The Hall–Kier alpha value is -2.46. The third-order valence-electron chi connectivity index (χ3n) is 4.43. The van der Waals surface area contributed by atoms with Crippen molar-refractivity contribution in [3.8, 4) is 0 Å². The molecule has 1 aromatic carbocycles. The molecule has 0 N–H and O–H groups in total. The molecule has 0 saturated carbocycles. The van der Waals surface area contributed by atoms with Gasteiger partial charge in [0.25, 0.3) is 0 Å². The van der Waals surface area contributed by atoms with Crippen LogP contribution in [0.1, 0.15) is 12.6 Å². The highest BCUT2D eigenvalue weighted by Gasteiger charge is 2.19. The monoisotopic (exact) mass is 320 g/mol. The smallest absolute Gasteiger partial charge is 0.159 e. The van der Waals surface area contributed by atoms with Gasteiger partial charge in [-0.1, -0.05) is 55.1 Å². The molecule has 0 spiro atoms. The first-order chi connectivity index (χ1) is 11.7. The van der Waals surface area contributed by atoms with Gasteiger partial charge in [0, 0.05) is 42.5 Å². The van der Waals surface area contributed by atoms with Crippen LogP contribution in [0, 0.1) is 0 Å². The number of likely N-dealkylation sites (N-methyl/N-ethyl adjacent to an activating group) is 1. The Morgan fingerprint density at radius 1 is 1.08 bits per heavy atom. The first-order valence-corrected chi connectivity index (χ1v) is 8.39. The van der Waals surface area contributed by atoms with Crippen molar-refractivity contribution in [3.05, 3.63) is 60.8 Å². The Bertz CT molecular complexity index is 783. The van der Waals surface area contributed by atoms with E-state index in [1.54, 1.807) is 0 Å². The van der Waals surface area contributed by atoms with E-state index in [2.05, 4.69) is 57.9 Å². The van der Waals surface area contributed by atoms with Gasteiger partial charge in [0.05, 0.1) is 0 Å². The van der Waals surface area contributed by atoms with Crippen molar-refractivity contribution in [2.45, 2.75) is 6.92 Å². The maximum atomic E-state index is 4.58. The largest absolute Gasteiger partial charge is 0.352 e. The number of benzene rings is 1. The molecule has 124 valence electrons. The Kier molecular flexibility index (Phi) is 5.06. The summed E-state index contributed by atoms with van der Waals surface area (Å²) in [4.78, 5) is 4.68. The summed E-state index contributed by atoms with van der Waals surface area (Å²) >= 11 is 0. The number of piperazine rings is 1. The SMILES string of the molecule is C=C/C(=C\C=C/C)c1nnc(N2CCN(C)CC2)c2ccccc12. The van der Waals surface area contributed by atoms with Crippen molar-refractivity contribution in [2.75, 3.05) is 38.1 Å². The minimum atomic E-state index is 0.886. The minimum absolute atomic E-state index is 0.886. The third-order valence-corrected chi connectivity index (χ3v) is 4.43. The molecule has 0 radical (unpaired) electrons. The quantitative estimate of drug-likeness (QED) is 0.807. The van der Waals surface area contributed by atoms with E-state index >= 15 is 0 Å². The van der Waals surface area contributed by atoms with E-state index in [9.17, 15) is 0 Å². The fourth-order valence-corrected chi connectivity index (χ4v) is 3.00. The van der Waals surface area contributed by atoms with Crippen molar-refractivity contribution < 1.29 is 0 Å². The highest BCUT2D eigenvalue weighted by Crippen LogP contribution is 2.30. The summed E-state index contributed by atoms with van der Waals surface area (Å²) in [6.07, 6.45) is 7.87. The zero-order valence-corrected chi connectivity index (χ0v) is 14.4. The molecule has 1 aromatic heterocycles. The van der Waals surface area contributed by atoms with E-state index in [0.29, 0.717) is 0 Å². The van der Waals surface area contributed by atoms with Gasteiger partial charge in [0.15, 0.2) is 5.82 Å². The number of rotatable bonds is 4. The molecule has 0 unspecified atom stereocenters. The second kappa shape index (κ2) is 7.41. The molecule has 1 fully saturated rings. The highest BCUT2D eigenvalue weighted by atomic mass is 15.3. The van der Waals surface area contributed by atoms with E-state index in [1.807, 2.05) is 31.2 Å². The van der Waals surface area contributed by atoms with Crippen molar-refractivity contribution in [1.82, 2.24) is 15.1 Å². The molecule has 1 aliphatic heterocycles. The summed E-state index contributed by atoms with van der Waals surface area (Å²) < 4.78 is 0. The number of nitrogens with zero attached hydrogens (tertiary/aromatic N) is 4. The van der Waals surface area contributed by atoms with Crippen LogP contribution in [0.15, 0.2) is 55.1 Å². The molecule has 0 atom stereocenters. The van der Waals surface area contributed by atoms with Crippen molar-refractivity contribution in [3.63, 3.8) is 0 Å². The lowest BCUT2D eigenvalue weighted by Crippen LogP contribution is -2.45. The van der Waals surface area contributed by atoms with Gasteiger partial charge in [-0.05, 0) is 14.0 Å². The van der Waals surface area contributed by atoms with E-state index in [0.717, 1.165) is 54.0 Å². The van der Waals surface area contributed by atoms with Crippen molar-refractivity contribution >= 4 is 22.2 Å². The minimum Gasteiger partial charge on any atom is -0.352 e. The average molecular weight is 320 g/mol. The predicted molar refractivity (Wildman–Crippen MR) is 102 cm³/mol. The van der Waals surface area contributed by atoms with Gasteiger partial charge in [-0.3, -0.25) is 0 Å². The summed E-state index contributed by atoms with van der Waals surface area (Å²) in [5.41, 5.74) is 1.87. The zero-order chi connectivity index (χ0) is 16.9. The molecule has 0 bridgehead atoms. The average Bonchev–Trinajstić information content (AvgIpc) is 2.63. The molecule has 0 amide bonds. The maximum absolute atomic E-state index is 4.58. The first kappa shape index (κ1) is 16.4. The molecule has 0 aliphatic carbocycles. The normalized spacial score (nSPS) is 16.9. The van der Waals surface area contributed by atoms with E-state index in [-0.39, 0.29) is 0 Å². The number of aromatic nitrogens is 2. The van der Waals surface area contributed by atoms with Crippen LogP contribution in [0.4, 0.5) is 5.82 Å². The standard InChI is InChI=1S/C20H24N4/c1-4-6-9-16(5-2)19-17-10-7-8-11-18(17)20(22-21-19)24-14-12-23(3)13-15-24/h4-11H,2,12-15H2,1,3H3/b6-4-,16-9+. The van der Waals surface area contributed by atoms with Gasteiger partial charge in [-0.2, -0.15) is 0 Å². The zero-order valence-electron chi connectivity index (χ0n) is 14.4. The molecule has 2 aromatic rings. The molecule has 1 aliphatic rings. The van der Waals surface area contributed by atoms with Gasteiger partial charge in [-0.15, -0.1) is 10.2 Å². The van der Waals surface area contributed by atoms with E-state index in [1.165, 1.54) is 0 Å². The molecule has 4 nitrogen and oxygen atoms in total. The van der Waals surface area contributed by atoms with Crippen LogP contribution in [-0.2, 0) is 0 Å². The van der Waals surface area contributed by atoms with Gasteiger partial charge >= 0.3 is 0 Å². The number of fused-ring (bicyclic) bond motifs is 1. The maximum Gasteiger partial charge on any atom is 0.159 e. The first-order valence-electron chi connectivity index (χ1n) is 8.39. The van der Waals surface area contributed by atoms with Crippen LogP contribution in [0.2, 0.25) is 0 Å². The highest BCUT2D eigenvalue weighted by molar-refractivity contribution is 5.99. The lowest BCUT2D eigenvalue weighted by molar-refractivity contribution is 0.312. The molecule has 3 rings (SSSR count). The Labute approximate surface area is 143 Å². The molecular weight excluding hydrogens is 296 g/mol. The lowest BCUT2D eigenvalue weighted by Gasteiger charge is -2.33. The second-order valence-electron chi connectivity index (χ2n) is 6.06. The topological polar surface area (TPSA) is 32.3 Å². The summed E-state index contributed by atoms with van der Waals surface area (Å²) in [6.45, 7) is 10.0. The van der Waals surface area contributed by atoms with Crippen LogP contribution in [0.3, 0.4) is 0 Å².